The number of anilines is 1. The molecule has 5 heteroatoms. The lowest BCUT2D eigenvalue weighted by Gasteiger charge is -2.39. The van der Waals surface area contributed by atoms with Crippen LogP contribution in [0.15, 0.2) is 24.3 Å². The molecule has 2 saturated heterocycles. The van der Waals surface area contributed by atoms with Crippen molar-refractivity contribution in [1.82, 2.24) is 9.80 Å². The maximum absolute atomic E-state index is 12.6. The van der Waals surface area contributed by atoms with Gasteiger partial charge in [0.2, 0.25) is 5.91 Å². The van der Waals surface area contributed by atoms with Crippen LogP contribution in [0.5, 0.6) is 5.75 Å². The van der Waals surface area contributed by atoms with Crippen molar-refractivity contribution in [2.45, 2.75) is 39.2 Å². The Morgan fingerprint density at radius 1 is 1.12 bits per heavy atom. The number of benzene rings is 1. The monoisotopic (exact) mass is 345 g/mol. The van der Waals surface area contributed by atoms with Crippen molar-refractivity contribution in [1.29, 1.82) is 0 Å². The van der Waals surface area contributed by atoms with Gasteiger partial charge in [0.25, 0.3) is 0 Å². The van der Waals surface area contributed by atoms with Crippen LogP contribution < -0.4 is 9.64 Å². The average molecular weight is 345 g/mol. The molecular formula is C20H31N3O2. The van der Waals surface area contributed by atoms with Crippen molar-refractivity contribution in [3.63, 3.8) is 0 Å². The van der Waals surface area contributed by atoms with Gasteiger partial charge in [0.1, 0.15) is 5.75 Å². The number of likely N-dealkylation sites (tertiary alicyclic amines) is 1. The molecule has 1 aromatic carbocycles. The van der Waals surface area contributed by atoms with Gasteiger partial charge < -0.3 is 14.5 Å². The maximum atomic E-state index is 12.6. The van der Waals surface area contributed by atoms with Gasteiger partial charge in [0, 0.05) is 38.8 Å². The molecule has 3 rings (SSSR count). The van der Waals surface area contributed by atoms with Crippen LogP contribution in [-0.4, -0.2) is 67.6 Å². The summed E-state index contributed by atoms with van der Waals surface area (Å²) in [6.45, 7) is 10.1. The van der Waals surface area contributed by atoms with Crippen molar-refractivity contribution in [2.24, 2.45) is 0 Å². The van der Waals surface area contributed by atoms with Crippen molar-refractivity contribution < 1.29 is 9.53 Å². The van der Waals surface area contributed by atoms with Crippen molar-refractivity contribution in [3.8, 4) is 5.75 Å². The minimum atomic E-state index is 0.301. The first-order valence-electron chi connectivity index (χ1n) is 9.67. The van der Waals surface area contributed by atoms with Gasteiger partial charge >= 0.3 is 0 Å². The van der Waals surface area contributed by atoms with Crippen LogP contribution in [0, 0.1) is 0 Å². The zero-order valence-corrected chi connectivity index (χ0v) is 15.6. The normalized spacial score (nSPS) is 22.1. The third kappa shape index (κ3) is 4.46. The number of hydrogen-bond donors (Lipinski definition) is 0. The van der Waals surface area contributed by atoms with Crippen LogP contribution in [0.3, 0.4) is 0 Å². The molecule has 2 heterocycles. The first-order valence-corrected chi connectivity index (χ1v) is 9.67. The topological polar surface area (TPSA) is 36.0 Å². The van der Waals surface area contributed by atoms with Gasteiger partial charge in [-0.3, -0.25) is 9.69 Å². The molecule has 2 aliphatic heterocycles. The second-order valence-corrected chi connectivity index (χ2v) is 7.10. The number of piperazine rings is 1. The molecule has 0 saturated carbocycles. The average Bonchev–Trinajstić information content (AvgIpc) is 2.63. The highest BCUT2D eigenvalue weighted by Gasteiger charge is 2.26. The minimum Gasteiger partial charge on any atom is -0.492 e. The fourth-order valence-electron chi connectivity index (χ4n) is 3.89. The Morgan fingerprint density at radius 3 is 2.60 bits per heavy atom. The van der Waals surface area contributed by atoms with E-state index < -0.39 is 0 Å². The summed E-state index contributed by atoms with van der Waals surface area (Å²) in [6, 6.07) is 8.64. The van der Waals surface area contributed by atoms with Gasteiger partial charge in [-0.1, -0.05) is 12.1 Å². The quantitative estimate of drug-likeness (QED) is 0.822. The highest BCUT2D eigenvalue weighted by Crippen LogP contribution is 2.28. The molecule has 0 aromatic heterocycles. The molecule has 0 spiro atoms. The van der Waals surface area contributed by atoms with E-state index in [1.165, 1.54) is 12.1 Å². The smallest absolute Gasteiger partial charge is 0.236 e. The van der Waals surface area contributed by atoms with Gasteiger partial charge in [-0.25, -0.2) is 0 Å². The van der Waals surface area contributed by atoms with Crippen LogP contribution in [0.2, 0.25) is 0 Å². The van der Waals surface area contributed by atoms with Crippen LogP contribution in [0.4, 0.5) is 5.69 Å². The van der Waals surface area contributed by atoms with Crippen molar-refractivity contribution >= 4 is 11.6 Å². The summed E-state index contributed by atoms with van der Waals surface area (Å²) in [5, 5.41) is 0. The molecule has 0 N–H and O–H groups in total. The highest BCUT2D eigenvalue weighted by molar-refractivity contribution is 5.78. The van der Waals surface area contributed by atoms with E-state index >= 15 is 0 Å². The van der Waals surface area contributed by atoms with Gasteiger partial charge in [-0.05, 0) is 45.2 Å². The largest absolute Gasteiger partial charge is 0.492 e. The molecule has 0 bridgehead atoms. The summed E-state index contributed by atoms with van der Waals surface area (Å²) in [5.74, 6) is 1.26. The highest BCUT2D eigenvalue weighted by atomic mass is 16.5. The Bertz CT molecular complexity index is 570. The molecule has 25 heavy (non-hydrogen) atoms. The molecule has 1 aromatic rings. The molecule has 2 aliphatic rings. The predicted molar refractivity (Wildman–Crippen MR) is 101 cm³/mol. The molecule has 1 amide bonds. The fraction of sp³-hybridized carbons (Fsp3) is 0.650. The van der Waals surface area contributed by atoms with E-state index in [9.17, 15) is 4.79 Å². The number of rotatable bonds is 5. The van der Waals surface area contributed by atoms with E-state index in [1.807, 2.05) is 19.1 Å². The number of nitrogens with zero attached hydrogens (tertiary/aromatic N) is 3. The Hall–Kier alpha value is -1.75. The summed E-state index contributed by atoms with van der Waals surface area (Å²) >= 11 is 0. The van der Waals surface area contributed by atoms with E-state index in [2.05, 4.69) is 33.8 Å². The fourth-order valence-corrected chi connectivity index (χ4v) is 3.89. The number of hydrogen-bond acceptors (Lipinski definition) is 4. The predicted octanol–water partition coefficient (Wildman–Crippen LogP) is 2.61. The summed E-state index contributed by atoms with van der Waals surface area (Å²) < 4.78 is 5.76. The van der Waals surface area contributed by atoms with Crippen LogP contribution in [0.1, 0.15) is 33.1 Å². The second-order valence-electron chi connectivity index (χ2n) is 7.10. The summed E-state index contributed by atoms with van der Waals surface area (Å²) in [5.41, 5.74) is 1.17. The molecule has 0 aliphatic carbocycles. The zero-order valence-electron chi connectivity index (χ0n) is 15.6. The molecule has 0 radical (unpaired) electrons. The number of amides is 1. The van der Waals surface area contributed by atoms with Gasteiger partial charge in [-0.2, -0.15) is 0 Å². The number of carbonyl (C=O) groups is 1. The first kappa shape index (κ1) is 18.1. The molecule has 138 valence electrons. The molecular weight excluding hydrogens is 314 g/mol. The number of ether oxygens (including phenoxy) is 1. The summed E-state index contributed by atoms with van der Waals surface area (Å²) in [6.07, 6.45) is 3.55. The van der Waals surface area contributed by atoms with E-state index in [0.29, 0.717) is 25.1 Å². The van der Waals surface area contributed by atoms with E-state index in [0.717, 1.165) is 51.3 Å². The lowest BCUT2D eigenvalue weighted by atomic mass is 10.0. The van der Waals surface area contributed by atoms with Gasteiger partial charge in [0.15, 0.2) is 0 Å². The Morgan fingerprint density at radius 2 is 1.88 bits per heavy atom. The van der Waals surface area contributed by atoms with E-state index in [1.54, 1.807) is 0 Å². The van der Waals surface area contributed by atoms with Gasteiger partial charge in [-0.15, -0.1) is 0 Å². The Balaban J connectivity index is 1.53. The zero-order chi connectivity index (χ0) is 17.6. The third-order valence-electron chi connectivity index (χ3n) is 5.36. The lowest BCUT2D eigenvalue weighted by molar-refractivity contribution is -0.135. The minimum absolute atomic E-state index is 0.301. The van der Waals surface area contributed by atoms with Crippen molar-refractivity contribution in [2.75, 3.05) is 50.8 Å². The van der Waals surface area contributed by atoms with Crippen LogP contribution in [0.25, 0.3) is 0 Å². The second kappa shape index (κ2) is 8.56. The molecule has 1 unspecified atom stereocenters. The summed E-state index contributed by atoms with van der Waals surface area (Å²) in [7, 11) is 0. The summed E-state index contributed by atoms with van der Waals surface area (Å²) in [4.78, 5) is 19.4. The van der Waals surface area contributed by atoms with E-state index in [-0.39, 0.29) is 0 Å². The molecule has 2 fully saturated rings. The molecule has 5 nitrogen and oxygen atoms in total. The van der Waals surface area contributed by atoms with Crippen LogP contribution in [-0.2, 0) is 4.79 Å². The standard InChI is InChI=1S/C20H31N3O2/c1-3-25-19-10-5-4-9-18(19)22-14-12-21(13-15-22)16-20(24)23-11-7-6-8-17(23)2/h4-5,9-10,17H,3,6-8,11-16H2,1-2H3. The SMILES string of the molecule is CCOc1ccccc1N1CCN(CC(=O)N2CCCCC2C)CC1. The van der Waals surface area contributed by atoms with Crippen LogP contribution >= 0.6 is 0 Å². The first-order chi connectivity index (χ1) is 12.2. The maximum Gasteiger partial charge on any atom is 0.236 e. The van der Waals surface area contributed by atoms with E-state index in [4.69, 9.17) is 4.74 Å². The molecule has 1 atom stereocenters. The Kier molecular flexibility index (Phi) is 6.19. The van der Waals surface area contributed by atoms with Crippen molar-refractivity contribution in [3.05, 3.63) is 24.3 Å². The Labute approximate surface area is 151 Å². The number of piperidine rings is 1. The third-order valence-corrected chi connectivity index (χ3v) is 5.36. The number of para-hydroxylation sites is 2. The number of carbonyl (C=O) groups excluding carboxylic acids is 1. The van der Waals surface area contributed by atoms with Gasteiger partial charge in [0.05, 0.1) is 18.8 Å². The lowest BCUT2D eigenvalue weighted by Crippen LogP contribution is -2.52.